The maximum atomic E-state index is 5.78. The molecule has 2 aliphatic rings. The lowest BCUT2D eigenvalue weighted by Crippen LogP contribution is -2.57. The Labute approximate surface area is 91.0 Å². The van der Waals surface area contributed by atoms with Gasteiger partial charge >= 0.3 is 0 Å². The van der Waals surface area contributed by atoms with E-state index in [1.165, 1.54) is 38.5 Å². The van der Waals surface area contributed by atoms with E-state index in [1.807, 2.05) is 0 Å². The number of nitrogens with one attached hydrogen (secondary N) is 2. The van der Waals surface area contributed by atoms with Crippen LogP contribution in [-0.4, -0.2) is 30.1 Å². The number of guanidine groups is 1. The van der Waals surface area contributed by atoms with Crippen LogP contribution < -0.4 is 16.7 Å². The van der Waals surface area contributed by atoms with Crippen LogP contribution in [0, 0.1) is 0 Å². The number of aliphatic imine (C=N–C) groups is 1. The van der Waals surface area contributed by atoms with Crippen molar-refractivity contribution in [3.05, 3.63) is 0 Å². The topological polar surface area (TPSA) is 65.7 Å². The quantitative estimate of drug-likeness (QED) is 0.358. The van der Waals surface area contributed by atoms with Crippen molar-refractivity contribution >= 4 is 5.96 Å². The predicted molar refractivity (Wildman–Crippen MR) is 61.0 cm³/mol. The lowest BCUT2D eigenvalue weighted by molar-refractivity contribution is 0.0951. The van der Waals surface area contributed by atoms with Crippen molar-refractivity contribution in [1.29, 1.82) is 0 Å². The molecular formula is C10H21N5. The van der Waals surface area contributed by atoms with Crippen LogP contribution in [0.15, 0.2) is 4.99 Å². The third-order valence-corrected chi connectivity index (χ3v) is 3.09. The molecule has 0 aromatic heterocycles. The van der Waals surface area contributed by atoms with Crippen LogP contribution in [0.4, 0.5) is 0 Å². The van der Waals surface area contributed by atoms with Crippen LogP contribution in [0.25, 0.3) is 0 Å². The van der Waals surface area contributed by atoms with Gasteiger partial charge in [-0.1, -0.05) is 19.3 Å². The zero-order valence-corrected chi connectivity index (χ0v) is 9.21. The third kappa shape index (κ3) is 3.35. The summed E-state index contributed by atoms with van der Waals surface area (Å²) in [7, 11) is 0. The standard InChI is InChI=1S/C10H21N5/c11-10(13-14-15-7-4-8-15)12-9-5-2-1-3-6-9/h9,14H,1-8H2,(H3,11,12,13). The lowest BCUT2D eigenvalue weighted by atomic mass is 9.96. The van der Waals surface area contributed by atoms with Gasteiger partial charge in [0.1, 0.15) is 0 Å². The van der Waals surface area contributed by atoms with Gasteiger partial charge in [0.15, 0.2) is 0 Å². The van der Waals surface area contributed by atoms with E-state index < -0.39 is 0 Å². The summed E-state index contributed by atoms with van der Waals surface area (Å²) in [4.78, 5) is 4.46. The SMILES string of the molecule is NC(=NC1CCCCC1)NNN1CCC1. The first-order valence-electron chi connectivity index (χ1n) is 5.94. The average Bonchev–Trinajstić information content (AvgIpc) is 2.17. The van der Waals surface area contributed by atoms with Gasteiger partial charge in [-0.15, -0.1) is 0 Å². The molecule has 1 saturated heterocycles. The first-order valence-corrected chi connectivity index (χ1v) is 5.94. The van der Waals surface area contributed by atoms with Gasteiger partial charge in [0.05, 0.1) is 6.04 Å². The van der Waals surface area contributed by atoms with Gasteiger partial charge in [0, 0.05) is 13.1 Å². The number of hydrogen-bond donors (Lipinski definition) is 3. The second-order valence-electron chi connectivity index (χ2n) is 4.38. The van der Waals surface area contributed by atoms with E-state index in [0.29, 0.717) is 12.0 Å². The van der Waals surface area contributed by atoms with Crippen molar-refractivity contribution in [3.8, 4) is 0 Å². The number of nitrogens with zero attached hydrogens (tertiary/aromatic N) is 2. The number of hydrogen-bond acceptors (Lipinski definition) is 3. The summed E-state index contributed by atoms with van der Waals surface area (Å²) in [5.41, 5.74) is 11.8. The molecule has 0 bridgehead atoms. The van der Waals surface area contributed by atoms with Crippen LogP contribution in [0.5, 0.6) is 0 Å². The molecule has 1 heterocycles. The highest BCUT2D eigenvalue weighted by atomic mass is 15.7. The lowest BCUT2D eigenvalue weighted by Gasteiger charge is -2.31. The minimum absolute atomic E-state index is 0.435. The smallest absolute Gasteiger partial charge is 0.204 e. The van der Waals surface area contributed by atoms with E-state index in [2.05, 4.69) is 21.0 Å². The Morgan fingerprint density at radius 1 is 1.13 bits per heavy atom. The molecule has 0 unspecified atom stereocenters. The van der Waals surface area contributed by atoms with Crippen LogP contribution in [0.3, 0.4) is 0 Å². The molecule has 2 rings (SSSR count). The number of hydrazine groups is 2. The molecule has 0 aromatic rings. The second-order valence-corrected chi connectivity index (χ2v) is 4.38. The van der Waals surface area contributed by atoms with Gasteiger partial charge in [-0.2, -0.15) is 5.53 Å². The van der Waals surface area contributed by atoms with E-state index >= 15 is 0 Å². The van der Waals surface area contributed by atoms with Crippen molar-refractivity contribution in [2.45, 2.75) is 44.6 Å². The molecule has 0 amide bonds. The molecule has 0 aromatic carbocycles. The van der Waals surface area contributed by atoms with Gasteiger partial charge in [-0.3, -0.25) is 5.43 Å². The van der Waals surface area contributed by atoms with Crippen molar-refractivity contribution < 1.29 is 0 Å². The number of rotatable bonds is 3. The van der Waals surface area contributed by atoms with Crippen molar-refractivity contribution in [2.24, 2.45) is 10.7 Å². The predicted octanol–water partition coefficient (Wildman–Crippen LogP) is 0.349. The van der Waals surface area contributed by atoms with Crippen LogP contribution in [0.2, 0.25) is 0 Å². The maximum Gasteiger partial charge on any atom is 0.204 e. The molecule has 15 heavy (non-hydrogen) atoms. The second kappa shape index (κ2) is 5.32. The molecule has 1 saturated carbocycles. The van der Waals surface area contributed by atoms with Crippen molar-refractivity contribution in [1.82, 2.24) is 16.0 Å². The summed E-state index contributed by atoms with van der Waals surface area (Å²) in [6, 6.07) is 0.435. The molecule has 5 heteroatoms. The van der Waals surface area contributed by atoms with Crippen molar-refractivity contribution in [3.63, 3.8) is 0 Å². The first-order chi connectivity index (χ1) is 7.34. The highest BCUT2D eigenvalue weighted by Gasteiger charge is 2.14. The minimum atomic E-state index is 0.435. The summed E-state index contributed by atoms with van der Waals surface area (Å²) in [6.07, 6.45) is 7.57. The molecule has 2 fully saturated rings. The summed E-state index contributed by atoms with van der Waals surface area (Å²) in [5, 5.41) is 2.09. The normalized spacial score (nSPS) is 24.9. The largest absolute Gasteiger partial charge is 0.369 e. The summed E-state index contributed by atoms with van der Waals surface area (Å²) in [6.45, 7) is 2.17. The van der Waals surface area contributed by atoms with E-state index in [0.717, 1.165) is 13.1 Å². The summed E-state index contributed by atoms with van der Waals surface area (Å²) < 4.78 is 0. The molecule has 1 aliphatic heterocycles. The maximum absolute atomic E-state index is 5.78. The monoisotopic (exact) mass is 211 g/mol. The summed E-state index contributed by atoms with van der Waals surface area (Å²) in [5.74, 6) is 0.522. The Morgan fingerprint density at radius 2 is 1.87 bits per heavy atom. The average molecular weight is 211 g/mol. The van der Waals surface area contributed by atoms with Gasteiger partial charge in [-0.25, -0.2) is 10.0 Å². The zero-order chi connectivity index (χ0) is 10.5. The minimum Gasteiger partial charge on any atom is -0.369 e. The van der Waals surface area contributed by atoms with Gasteiger partial charge in [-0.05, 0) is 19.3 Å². The Bertz CT molecular complexity index is 218. The zero-order valence-electron chi connectivity index (χ0n) is 9.21. The molecule has 5 nitrogen and oxygen atoms in total. The molecular weight excluding hydrogens is 190 g/mol. The molecule has 86 valence electrons. The Balaban J connectivity index is 1.67. The third-order valence-electron chi connectivity index (χ3n) is 3.09. The summed E-state index contributed by atoms with van der Waals surface area (Å²) >= 11 is 0. The van der Waals surface area contributed by atoms with Crippen molar-refractivity contribution in [2.75, 3.05) is 13.1 Å². The van der Waals surface area contributed by atoms with E-state index in [9.17, 15) is 0 Å². The fraction of sp³-hybridized carbons (Fsp3) is 0.900. The highest BCUT2D eigenvalue weighted by molar-refractivity contribution is 5.77. The molecule has 1 aliphatic carbocycles. The van der Waals surface area contributed by atoms with E-state index in [4.69, 9.17) is 5.73 Å². The van der Waals surface area contributed by atoms with Crippen LogP contribution in [0.1, 0.15) is 38.5 Å². The van der Waals surface area contributed by atoms with E-state index in [-0.39, 0.29) is 0 Å². The molecule has 4 N–H and O–H groups in total. The molecule has 0 radical (unpaired) electrons. The number of nitrogens with two attached hydrogens (primary N) is 1. The van der Waals surface area contributed by atoms with Crippen LogP contribution in [-0.2, 0) is 0 Å². The fourth-order valence-electron chi connectivity index (χ4n) is 2.00. The first kappa shape index (κ1) is 10.7. The Morgan fingerprint density at radius 3 is 2.47 bits per heavy atom. The Kier molecular flexibility index (Phi) is 3.80. The van der Waals surface area contributed by atoms with Gasteiger partial charge in [0.2, 0.25) is 5.96 Å². The van der Waals surface area contributed by atoms with Gasteiger partial charge in [0.25, 0.3) is 0 Å². The fourth-order valence-corrected chi connectivity index (χ4v) is 2.00. The molecule has 0 spiro atoms. The molecule has 0 atom stereocenters. The highest BCUT2D eigenvalue weighted by Crippen LogP contribution is 2.19. The Hall–Kier alpha value is -0.810. The van der Waals surface area contributed by atoms with Gasteiger partial charge < -0.3 is 5.73 Å². The van der Waals surface area contributed by atoms with Crippen LogP contribution >= 0.6 is 0 Å². The van der Waals surface area contributed by atoms with E-state index in [1.54, 1.807) is 0 Å².